The zero-order valence-corrected chi connectivity index (χ0v) is 14.1. The van der Waals surface area contributed by atoms with Gasteiger partial charge in [0.1, 0.15) is 5.75 Å². The van der Waals surface area contributed by atoms with Gasteiger partial charge in [-0.1, -0.05) is 30.4 Å². The van der Waals surface area contributed by atoms with E-state index in [2.05, 4.69) is 17.4 Å². The Kier molecular flexibility index (Phi) is 7.20. The molecule has 0 amide bonds. The van der Waals surface area contributed by atoms with Crippen LogP contribution in [-0.4, -0.2) is 36.3 Å². The predicted octanol–water partition coefficient (Wildman–Crippen LogP) is 2.46. The van der Waals surface area contributed by atoms with Crippen LogP contribution in [0.25, 0.3) is 0 Å². The number of methoxy groups -OCH3 is 1. The Hall–Kier alpha value is -2.60. The van der Waals surface area contributed by atoms with Gasteiger partial charge in [-0.25, -0.2) is 4.79 Å². The van der Waals surface area contributed by atoms with Crippen LogP contribution in [0.15, 0.2) is 48.1 Å². The van der Waals surface area contributed by atoms with E-state index in [0.717, 1.165) is 12.3 Å². The second kappa shape index (κ2) is 8.88. The highest BCUT2D eigenvalue weighted by Crippen LogP contribution is 2.31. The van der Waals surface area contributed by atoms with Crippen molar-refractivity contribution in [3.63, 3.8) is 0 Å². The molecule has 2 rings (SSSR count). The second-order valence-corrected chi connectivity index (χ2v) is 5.63. The molecule has 0 bridgehead atoms. The number of allylic oxidation sites excluding steroid dienone is 2. The van der Waals surface area contributed by atoms with Crippen LogP contribution in [0.5, 0.6) is 5.75 Å². The first-order valence-electron chi connectivity index (χ1n) is 7.45. The Morgan fingerprint density at radius 3 is 2.33 bits per heavy atom. The summed E-state index contributed by atoms with van der Waals surface area (Å²) in [4.78, 5) is 21.3. The van der Waals surface area contributed by atoms with Crippen LogP contribution in [-0.2, 0) is 16.1 Å². The van der Waals surface area contributed by atoms with E-state index >= 15 is 0 Å². The van der Waals surface area contributed by atoms with Crippen LogP contribution >= 0.6 is 0 Å². The lowest BCUT2D eigenvalue weighted by atomic mass is 9.80. The molecule has 24 heavy (non-hydrogen) atoms. The fraction of sp³-hybridized carbons (Fsp3) is 0.333. The third kappa shape index (κ3) is 5.55. The first-order valence-corrected chi connectivity index (χ1v) is 7.45. The van der Waals surface area contributed by atoms with Crippen molar-refractivity contribution in [2.45, 2.75) is 19.9 Å². The number of benzene rings is 1. The van der Waals surface area contributed by atoms with Crippen molar-refractivity contribution in [2.75, 3.05) is 14.2 Å². The summed E-state index contributed by atoms with van der Waals surface area (Å²) in [6.07, 6.45) is 4.43. The van der Waals surface area contributed by atoms with Crippen molar-refractivity contribution in [3.05, 3.63) is 53.6 Å². The van der Waals surface area contributed by atoms with Crippen LogP contribution < -0.4 is 10.1 Å². The Morgan fingerprint density at radius 1 is 1.25 bits per heavy atom. The highest BCUT2D eigenvalue weighted by atomic mass is 16.5. The quantitative estimate of drug-likeness (QED) is 0.766. The lowest BCUT2D eigenvalue weighted by Crippen LogP contribution is -2.28. The van der Waals surface area contributed by atoms with Gasteiger partial charge in [0.15, 0.2) is 0 Å². The van der Waals surface area contributed by atoms with E-state index in [1.807, 2.05) is 19.2 Å². The summed E-state index contributed by atoms with van der Waals surface area (Å²) in [6, 6.07) is 8.03. The number of aliphatic carboxylic acids is 2. The molecule has 1 aromatic rings. The van der Waals surface area contributed by atoms with Gasteiger partial charge >= 0.3 is 11.9 Å². The van der Waals surface area contributed by atoms with Gasteiger partial charge in [0.2, 0.25) is 0 Å². The summed E-state index contributed by atoms with van der Waals surface area (Å²) < 4.78 is 5.03. The van der Waals surface area contributed by atoms with E-state index in [1.54, 1.807) is 7.11 Å². The highest BCUT2D eigenvalue weighted by molar-refractivity contribution is 5.90. The summed E-state index contributed by atoms with van der Waals surface area (Å²) in [7, 11) is 3.61. The Labute approximate surface area is 141 Å². The first-order chi connectivity index (χ1) is 11.3. The Morgan fingerprint density at radius 2 is 1.88 bits per heavy atom. The number of rotatable bonds is 5. The lowest BCUT2D eigenvalue weighted by molar-refractivity contribution is -0.145. The standard InChI is InChI=1S/C9H13NO.C9H10O4/c1-10-7-8-3-5-9(11-2)6-4-8;1-9(8(12)13)4-2-3-6(5-9)7(10)11/h3-6,10H,7H2,1-2H3;2-4H,5H2,1H3,(H,10,11)(H,12,13)/t;9-/m.1/s1. The molecule has 0 heterocycles. The average molecular weight is 333 g/mol. The summed E-state index contributed by atoms with van der Waals surface area (Å²) in [6.45, 7) is 2.41. The number of hydrogen-bond donors (Lipinski definition) is 3. The number of ether oxygens (including phenoxy) is 1. The van der Waals surface area contributed by atoms with Crippen LogP contribution in [0.2, 0.25) is 0 Å². The largest absolute Gasteiger partial charge is 0.497 e. The van der Waals surface area contributed by atoms with Crippen LogP contribution in [0, 0.1) is 5.41 Å². The van der Waals surface area contributed by atoms with Gasteiger partial charge in [0.05, 0.1) is 12.5 Å². The van der Waals surface area contributed by atoms with E-state index in [-0.39, 0.29) is 12.0 Å². The van der Waals surface area contributed by atoms with Crippen molar-refractivity contribution >= 4 is 11.9 Å². The molecular formula is C18H23NO5. The topological polar surface area (TPSA) is 95.9 Å². The molecule has 0 unspecified atom stereocenters. The van der Waals surface area contributed by atoms with Gasteiger partial charge in [0.25, 0.3) is 0 Å². The van der Waals surface area contributed by atoms with Gasteiger partial charge < -0.3 is 20.3 Å². The molecule has 1 atom stereocenters. The molecule has 0 radical (unpaired) electrons. The monoisotopic (exact) mass is 333 g/mol. The first kappa shape index (κ1) is 19.4. The van der Waals surface area contributed by atoms with Crippen molar-refractivity contribution < 1.29 is 24.5 Å². The molecule has 0 aliphatic heterocycles. The molecular weight excluding hydrogens is 310 g/mol. The van der Waals surface area contributed by atoms with Gasteiger partial charge in [-0.05, 0) is 38.1 Å². The molecule has 1 aliphatic rings. The highest BCUT2D eigenvalue weighted by Gasteiger charge is 2.34. The Bertz CT molecular complexity index is 633. The van der Waals surface area contributed by atoms with E-state index in [4.69, 9.17) is 14.9 Å². The average Bonchev–Trinajstić information content (AvgIpc) is 2.56. The molecule has 1 aromatic carbocycles. The summed E-state index contributed by atoms with van der Waals surface area (Å²) in [5, 5.41) is 20.6. The minimum atomic E-state index is -1.08. The van der Waals surface area contributed by atoms with E-state index in [1.165, 1.54) is 30.7 Å². The lowest BCUT2D eigenvalue weighted by Gasteiger charge is -2.23. The maximum absolute atomic E-state index is 10.8. The number of carboxylic acid groups (broad SMARTS) is 2. The van der Waals surface area contributed by atoms with Gasteiger partial charge in [-0.3, -0.25) is 4.79 Å². The van der Waals surface area contributed by atoms with Crippen molar-refractivity contribution in [3.8, 4) is 5.75 Å². The van der Waals surface area contributed by atoms with Crippen molar-refractivity contribution in [1.82, 2.24) is 5.32 Å². The van der Waals surface area contributed by atoms with Crippen molar-refractivity contribution in [2.24, 2.45) is 5.41 Å². The van der Waals surface area contributed by atoms with Crippen molar-refractivity contribution in [1.29, 1.82) is 0 Å². The SMILES string of the molecule is CNCc1ccc(OC)cc1.C[C@@]1(C(=O)O)C=CC=C(C(=O)O)C1. The van der Waals surface area contributed by atoms with Gasteiger partial charge in [0, 0.05) is 12.1 Å². The molecule has 0 spiro atoms. The number of hydrogen-bond acceptors (Lipinski definition) is 4. The second-order valence-electron chi connectivity index (χ2n) is 5.63. The molecule has 0 saturated carbocycles. The molecule has 1 aliphatic carbocycles. The molecule has 0 aromatic heterocycles. The minimum Gasteiger partial charge on any atom is -0.497 e. The molecule has 6 heteroatoms. The van der Waals surface area contributed by atoms with E-state index in [9.17, 15) is 9.59 Å². The summed E-state index contributed by atoms with van der Waals surface area (Å²) in [5.74, 6) is -1.16. The molecule has 0 saturated heterocycles. The molecule has 6 nitrogen and oxygen atoms in total. The maximum Gasteiger partial charge on any atom is 0.331 e. The van der Waals surface area contributed by atoms with Crippen LogP contribution in [0.1, 0.15) is 18.9 Å². The normalized spacial score (nSPS) is 18.9. The zero-order chi connectivity index (χ0) is 18.2. The predicted molar refractivity (Wildman–Crippen MR) is 91.0 cm³/mol. The minimum absolute atomic E-state index is 0.0359. The summed E-state index contributed by atoms with van der Waals surface area (Å²) >= 11 is 0. The maximum atomic E-state index is 10.8. The summed E-state index contributed by atoms with van der Waals surface area (Å²) in [5.41, 5.74) is 0.323. The number of nitrogens with one attached hydrogen (secondary N) is 1. The van der Waals surface area contributed by atoms with E-state index < -0.39 is 17.4 Å². The molecule has 3 N–H and O–H groups in total. The van der Waals surface area contributed by atoms with Crippen LogP contribution in [0.3, 0.4) is 0 Å². The van der Waals surface area contributed by atoms with Gasteiger partial charge in [-0.15, -0.1) is 0 Å². The molecule has 130 valence electrons. The third-order valence-electron chi connectivity index (χ3n) is 3.62. The number of carboxylic acids is 2. The van der Waals surface area contributed by atoms with Gasteiger partial charge in [-0.2, -0.15) is 0 Å². The molecule has 0 fully saturated rings. The fourth-order valence-corrected chi connectivity index (χ4v) is 2.13. The van der Waals surface area contributed by atoms with Crippen LogP contribution in [0.4, 0.5) is 0 Å². The smallest absolute Gasteiger partial charge is 0.331 e. The van der Waals surface area contributed by atoms with E-state index in [0.29, 0.717) is 0 Å². The number of carbonyl (C=O) groups is 2. The zero-order valence-electron chi connectivity index (χ0n) is 14.1. The third-order valence-corrected chi connectivity index (χ3v) is 3.62. The fourth-order valence-electron chi connectivity index (χ4n) is 2.13. The Balaban J connectivity index is 0.000000243.